The summed E-state index contributed by atoms with van der Waals surface area (Å²) in [5.74, 6) is 1.35. The van der Waals surface area contributed by atoms with Gasteiger partial charge in [0.1, 0.15) is 5.75 Å². The van der Waals surface area contributed by atoms with Crippen LogP contribution in [-0.4, -0.2) is 18.2 Å². The molecule has 1 N–H and O–H groups in total. The van der Waals surface area contributed by atoms with Crippen molar-refractivity contribution in [2.45, 2.75) is 31.6 Å². The number of hydrogen-bond donors (Lipinski definition) is 1. The van der Waals surface area contributed by atoms with Crippen LogP contribution in [0.5, 0.6) is 5.75 Å². The monoisotopic (exact) mass is 362 g/mol. The van der Waals surface area contributed by atoms with Crippen molar-refractivity contribution in [2.24, 2.45) is 0 Å². The predicted octanol–water partition coefficient (Wildman–Crippen LogP) is 4.58. The van der Waals surface area contributed by atoms with Crippen molar-refractivity contribution in [3.8, 4) is 17.1 Å². The van der Waals surface area contributed by atoms with Gasteiger partial charge in [0, 0.05) is 17.3 Å². The Morgan fingerprint density at radius 1 is 1.19 bits per heavy atom. The molecule has 1 amide bonds. The highest BCUT2D eigenvalue weighted by atomic mass is 16.5. The summed E-state index contributed by atoms with van der Waals surface area (Å²) >= 11 is 0. The second-order valence-electron chi connectivity index (χ2n) is 6.90. The van der Waals surface area contributed by atoms with E-state index >= 15 is 0 Å². The molecule has 0 aliphatic heterocycles. The topological polar surface area (TPSA) is 64.4 Å². The average Bonchev–Trinajstić information content (AvgIpc) is 3.38. The third-order valence-corrected chi connectivity index (χ3v) is 5.16. The lowest BCUT2D eigenvalue weighted by Gasteiger charge is -2.12. The van der Waals surface area contributed by atoms with Gasteiger partial charge in [0.2, 0.25) is 5.91 Å². The van der Waals surface area contributed by atoms with Gasteiger partial charge in [-0.25, -0.2) is 0 Å². The van der Waals surface area contributed by atoms with Crippen molar-refractivity contribution in [1.29, 1.82) is 0 Å². The largest absolute Gasteiger partial charge is 0.497 e. The predicted molar refractivity (Wildman–Crippen MR) is 104 cm³/mol. The van der Waals surface area contributed by atoms with Gasteiger partial charge in [-0.3, -0.25) is 4.79 Å². The van der Waals surface area contributed by atoms with E-state index in [0.717, 1.165) is 36.3 Å². The summed E-state index contributed by atoms with van der Waals surface area (Å²) in [5.41, 5.74) is 3.01. The van der Waals surface area contributed by atoms with Crippen LogP contribution in [0.25, 0.3) is 11.3 Å². The molecule has 1 aliphatic rings. The van der Waals surface area contributed by atoms with Crippen LogP contribution in [-0.2, 0) is 16.6 Å². The Kier molecular flexibility index (Phi) is 4.44. The van der Waals surface area contributed by atoms with Crippen LogP contribution < -0.4 is 10.1 Å². The molecule has 1 heterocycles. The van der Waals surface area contributed by atoms with Gasteiger partial charge in [-0.2, -0.15) is 0 Å². The molecular weight excluding hydrogens is 340 g/mol. The molecule has 0 spiro atoms. The zero-order valence-corrected chi connectivity index (χ0v) is 15.5. The molecule has 0 saturated heterocycles. The lowest BCUT2D eigenvalue weighted by molar-refractivity contribution is -0.118. The second-order valence-corrected chi connectivity index (χ2v) is 6.90. The summed E-state index contributed by atoms with van der Waals surface area (Å²) in [6.45, 7) is 2.11. The van der Waals surface area contributed by atoms with Gasteiger partial charge in [0.15, 0.2) is 5.76 Å². The van der Waals surface area contributed by atoms with Gasteiger partial charge in [-0.15, -0.1) is 0 Å². The van der Waals surface area contributed by atoms with E-state index in [4.69, 9.17) is 9.26 Å². The molecule has 3 aromatic rings. The van der Waals surface area contributed by atoms with Crippen molar-refractivity contribution < 1.29 is 14.1 Å². The number of aromatic nitrogens is 1. The van der Waals surface area contributed by atoms with Crippen molar-refractivity contribution in [3.05, 3.63) is 65.9 Å². The van der Waals surface area contributed by atoms with Gasteiger partial charge in [0.25, 0.3) is 0 Å². The van der Waals surface area contributed by atoms with Crippen molar-refractivity contribution in [2.75, 3.05) is 12.4 Å². The van der Waals surface area contributed by atoms with E-state index in [2.05, 4.69) is 17.4 Å². The molecular formula is C22H22N2O3. The molecule has 1 aliphatic carbocycles. The standard InChI is InChI=1S/C22H22N2O3/c1-3-15-7-9-17(10-8-15)23-21(25)22(11-12-22)20-14-19(27-24-20)16-5-4-6-18(13-16)26-2/h4-10,13-14H,3,11-12H2,1-2H3,(H,23,25). The van der Waals surface area contributed by atoms with Crippen molar-refractivity contribution >= 4 is 11.6 Å². The quantitative estimate of drug-likeness (QED) is 0.697. The smallest absolute Gasteiger partial charge is 0.236 e. The summed E-state index contributed by atoms with van der Waals surface area (Å²) in [6, 6.07) is 17.4. The Hall–Kier alpha value is -3.08. The van der Waals surface area contributed by atoms with Crippen LogP contribution in [0.15, 0.2) is 59.1 Å². The Balaban J connectivity index is 1.53. The van der Waals surface area contributed by atoms with Crippen molar-refractivity contribution in [3.63, 3.8) is 0 Å². The van der Waals surface area contributed by atoms with Crippen LogP contribution in [0.3, 0.4) is 0 Å². The number of nitrogens with zero attached hydrogens (tertiary/aromatic N) is 1. The molecule has 1 aromatic heterocycles. The fourth-order valence-electron chi connectivity index (χ4n) is 3.21. The number of rotatable bonds is 6. The molecule has 1 saturated carbocycles. The highest BCUT2D eigenvalue weighted by Crippen LogP contribution is 2.49. The van der Waals surface area contributed by atoms with E-state index < -0.39 is 5.41 Å². The van der Waals surface area contributed by atoms with Gasteiger partial charge < -0.3 is 14.6 Å². The normalized spacial score (nSPS) is 14.6. The lowest BCUT2D eigenvalue weighted by atomic mass is 10.00. The van der Waals surface area contributed by atoms with Crippen LogP contribution in [0.4, 0.5) is 5.69 Å². The van der Waals surface area contributed by atoms with Gasteiger partial charge in [-0.05, 0) is 49.1 Å². The minimum Gasteiger partial charge on any atom is -0.497 e. The number of aryl methyl sites for hydroxylation is 1. The van der Waals surface area contributed by atoms with Crippen molar-refractivity contribution in [1.82, 2.24) is 5.16 Å². The number of anilines is 1. The zero-order chi connectivity index (χ0) is 18.9. The fraction of sp³-hybridized carbons (Fsp3) is 0.273. The molecule has 2 aromatic carbocycles. The molecule has 0 atom stereocenters. The third-order valence-electron chi connectivity index (χ3n) is 5.16. The Morgan fingerprint density at radius 2 is 1.96 bits per heavy atom. The van der Waals surface area contributed by atoms with Gasteiger partial charge >= 0.3 is 0 Å². The van der Waals surface area contributed by atoms with E-state index in [1.165, 1.54) is 5.56 Å². The van der Waals surface area contributed by atoms with E-state index in [9.17, 15) is 4.79 Å². The first kappa shape index (κ1) is 17.3. The minimum atomic E-state index is -0.593. The first-order valence-corrected chi connectivity index (χ1v) is 9.16. The van der Waals surface area contributed by atoms with Crippen LogP contribution >= 0.6 is 0 Å². The third kappa shape index (κ3) is 3.33. The molecule has 138 valence electrons. The number of carbonyl (C=O) groups excluding carboxylic acids is 1. The SMILES string of the molecule is CCc1ccc(NC(=O)C2(c3cc(-c4cccc(OC)c4)on3)CC2)cc1. The lowest BCUT2D eigenvalue weighted by Crippen LogP contribution is -2.28. The summed E-state index contributed by atoms with van der Waals surface area (Å²) < 4.78 is 10.8. The summed E-state index contributed by atoms with van der Waals surface area (Å²) in [4.78, 5) is 12.9. The first-order chi connectivity index (χ1) is 13.1. The molecule has 0 radical (unpaired) electrons. The average molecular weight is 362 g/mol. The number of ether oxygens (including phenoxy) is 1. The second kappa shape index (κ2) is 6.91. The Labute approximate surface area is 158 Å². The number of nitrogens with one attached hydrogen (secondary N) is 1. The molecule has 1 fully saturated rings. The molecule has 5 heteroatoms. The number of methoxy groups -OCH3 is 1. The molecule has 4 rings (SSSR count). The van der Waals surface area contributed by atoms with E-state index in [1.54, 1.807) is 7.11 Å². The van der Waals surface area contributed by atoms with Gasteiger partial charge in [-0.1, -0.05) is 36.3 Å². The summed E-state index contributed by atoms with van der Waals surface area (Å²) in [5, 5.41) is 7.22. The first-order valence-electron chi connectivity index (χ1n) is 9.16. The van der Waals surface area contributed by atoms with E-state index in [0.29, 0.717) is 11.5 Å². The molecule has 27 heavy (non-hydrogen) atoms. The molecule has 0 unspecified atom stereocenters. The fourth-order valence-corrected chi connectivity index (χ4v) is 3.21. The summed E-state index contributed by atoms with van der Waals surface area (Å²) in [7, 11) is 1.63. The number of carbonyl (C=O) groups is 1. The highest BCUT2D eigenvalue weighted by Gasteiger charge is 2.53. The molecule has 0 bridgehead atoms. The Bertz CT molecular complexity index is 956. The maximum atomic E-state index is 12.9. The van der Waals surface area contributed by atoms with Gasteiger partial charge in [0.05, 0.1) is 18.2 Å². The van der Waals surface area contributed by atoms with E-state index in [-0.39, 0.29) is 5.91 Å². The van der Waals surface area contributed by atoms with Crippen LogP contribution in [0.1, 0.15) is 31.0 Å². The number of amides is 1. The Morgan fingerprint density at radius 3 is 2.63 bits per heavy atom. The zero-order valence-electron chi connectivity index (χ0n) is 15.5. The van der Waals surface area contributed by atoms with Crippen LogP contribution in [0, 0.1) is 0 Å². The maximum Gasteiger partial charge on any atom is 0.236 e. The minimum absolute atomic E-state index is 0.0303. The molecule has 5 nitrogen and oxygen atoms in total. The highest BCUT2D eigenvalue weighted by molar-refractivity contribution is 6.01. The van der Waals surface area contributed by atoms with Crippen LogP contribution in [0.2, 0.25) is 0 Å². The number of benzene rings is 2. The number of hydrogen-bond acceptors (Lipinski definition) is 4. The maximum absolute atomic E-state index is 12.9. The summed E-state index contributed by atoms with van der Waals surface area (Å²) in [6.07, 6.45) is 2.52. The van der Waals surface area contributed by atoms with E-state index in [1.807, 2.05) is 54.6 Å².